The Kier molecular flexibility index (Phi) is 3.87. The van der Waals surface area contributed by atoms with Gasteiger partial charge in [-0.05, 0) is 25.0 Å². The van der Waals surface area contributed by atoms with E-state index in [9.17, 15) is 0 Å². The van der Waals surface area contributed by atoms with Crippen LogP contribution < -0.4 is 0 Å². The van der Waals surface area contributed by atoms with E-state index < -0.39 is 0 Å². The van der Waals surface area contributed by atoms with E-state index in [2.05, 4.69) is 32.5 Å². The van der Waals surface area contributed by atoms with Crippen LogP contribution in [0.25, 0.3) is 11.4 Å². The molecule has 1 N–H and O–H groups in total. The number of nitrogens with zero attached hydrogens (tertiary/aromatic N) is 4. The number of imidazole rings is 2. The van der Waals surface area contributed by atoms with Crippen LogP contribution in [0.15, 0.2) is 30.6 Å². The third-order valence-corrected chi connectivity index (χ3v) is 6.21. The molecule has 3 heterocycles. The Hall–Kier alpha value is -2.11. The van der Waals surface area contributed by atoms with E-state index in [-0.39, 0.29) is 0 Å². The van der Waals surface area contributed by atoms with Crippen molar-refractivity contribution < 1.29 is 0 Å². The molecule has 2 aromatic heterocycles. The van der Waals surface area contributed by atoms with E-state index in [4.69, 9.17) is 16.6 Å². The molecular weight excluding hydrogens is 346 g/mol. The normalized spacial score (nSPS) is 20.0. The van der Waals surface area contributed by atoms with Gasteiger partial charge in [-0.2, -0.15) is 0 Å². The van der Waals surface area contributed by atoms with Crippen LogP contribution in [0.1, 0.15) is 29.2 Å². The van der Waals surface area contributed by atoms with Crippen molar-refractivity contribution in [1.82, 2.24) is 24.4 Å². The van der Waals surface area contributed by atoms with Gasteiger partial charge in [0.25, 0.3) is 0 Å². The average molecular weight is 368 g/mol. The van der Waals surface area contributed by atoms with Gasteiger partial charge in [0, 0.05) is 50.3 Å². The van der Waals surface area contributed by atoms with E-state index >= 15 is 0 Å². The van der Waals surface area contributed by atoms with Gasteiger partial charge < -0.3 is 9.55 Å². The third-order valence-electron chi connectivity index (χ3n) is 5.88. The van der Waals surface area contributed by atoms with E-state index in [0.29, 0.717) is 6.04 Å². The highest BCUT2D eigenvalue weighted by molar-refractivity contribution is 6.33. The maximum atomic E-state index is 6.41. The fourth-order valence-corrected chi connectivity index (χ4v) is 4.63. The van der Waals surface area contributed by atoms with E-state index in [1.54, 1.807) is 0 Å². The first-order valence-corrected chi connectivity index (χ1v) is 9.63. The molecule has 0 saturated carbocycles. The largest absolute Gasteiger partial charge is 0.347 e. The molecule has 0 fully saturated rings. The summed E-state index contributed by atoms with van der Waals surface area (Å²) in [5.41, 5.74) is 6.12. The highest BCUT2D eigenvalue weighted by atomic mass is 35.5. The Morgan fingerprint density at radius 1 is 1.19 bits per heavy atom. The van der Waals surface area contributed by atoms with E-state index in [0.717, 1.165) is 55.2 Å². The number of rotatable bonds is 2. The SMILES string of the molecule is Cn1c(-c2ccccc2Cl)nc2c1CC(N1CCc3nc[nH]c3C1)CC2. The molecule has 6 heteroatoms. The molecule has 1 unspecified atom stereocenters. The van der Waals surface area contributed by atoms with Crippen molar-refractivity contribution in [1.29, 1.82) is 0 Å². The fraction of sp³-hybridized carbons (Fsp3) is 0.400. The molecule has 26 heavy (non-hydrogen) atoms. The molecule has 0 bridgehead atoms. The minimum absolute atomic E-state index is 0.563. The van der Waals surface area contributed by atoms with Gasteiger partial charge in [0.1, 0.15) is 5.82 Å². The lowest BCUT2D eigenvalue weighted by atomic mass is 9.93. The average Bonchev–Trinajstić information content (AvgIpc) is 3.26. The van der Waals surface area contributed by atoms with Crippen LogP contribution in [0.4, 0.5) is 0 Å². The van der Waals surface area contributed by atoms with Gasteiger partial charge in [0.05, 0.1) is 28.4 Å². The first-order valence-electron chi connectivity index (χ1n) is 9.25. The summed E-state index contributed by atoms with van der Waals surface area (Å²) in [6, 6.07) is 8.53. The van der Waals surface area contributed by atoms with E-state index in [1.807, 2.05) is 24.5 Å². The summed E-state index contributed by atoms with van der Waals surface area (Å²) in [5, 5.41) is 0.761. The summed E-state index contributed by atoms with van der Waals surface area (Å²) in [7, 11) is 2.12. The fourth-order valence-electron chi connectivity index (χ4n) is 4.41. The number of nitrogens with one attached hydrogen (secondary N) is 1. The van der Waals surface area contributed by atoms with Gasteiger partial charge in [-0.25, -0.2) is 9.97 Å². The number of aromatic amines is 1. The molecule has 0 amide bonds. The van der Waals surface area contributed by atoms with Crippen LogP contribution >= 0.6 is 11.6 Å². The molecular formula is C20H22ClN5. The number of aromatic nitrogens is 4. The Balaban J connectivity index is 1.42. The Morgan fingerprint density at radius 3 is 2.96 bits per heavy atom. The maximum absolute atomic E-state index is 6.41. The predicted molar refractivity (Wildman–Crippen MR) is 102 cm³/mol. The second kappa shape index (κ2) is 6.25. The lowest BCUT2D eigenvalue weighted by molar-refractivity contribution is 0.158. The van der Waals surface area contributed by atoms with Crippen LogP contribution in [-0.2, 0) is 32.9 Å². The monoisotopic (exact) mass is 367 g/mol. The van der Waals surface area contributed by atoms with Gasteiger partial charge in [0.15, 0.2) is 0 Å². The lowest BCUT2D eigenvalue weighted by Crippen LogP contribution is -2.42. The van der Waals surface area contributed by atoms with Crippen molar-refractivity contribution in [3.8, 4) is 11.4 Å². The number of hydrogen-bond acceptors (Lipinski definition) is 3. The molecule has 5 rings (SSSR count). The molecule has 0 spiro atoms. The topological polar surface area (TPSA) is 49.7 Å². The number of aryl methyl sites for hydroxylation is 1. The highest BCUT2D eigenvalue weighted by Gasteiger charge is 2.31. The molecule has 1 aromatic carbocycles. The molecule has 0 saturated heterocycles. The van der Waals surface area contributed by atoms with E-state index in [1.165, 1.54) is 22.8 Å². The maximum Gasteiger partial charge on any atom is 0.141 e. The van der Waals surface area contributed by atoms with Crippen LogP contribution in [-0.4, -0.2) is 37.0 Å². The molecule has 1 aliphatic heterocycles. The summed E-state index contributed by atoms with van der Waals surface area (Å²) >= 11 is 6.41. The van der Waals surface area contributed by atoms with Crippen LogP contribution in [0, 0.1) is 0 Å². The predicted octanol–water partition coefficient (Wildman–Crippen LogP) is 3.38. The van der Waals surface area contributed by atoms with Crippen molar-refractivity contribution in [2.75, 3.05) is 6.54 Å². The molecule has 134 valence electrons. The molecule has 2 aliphatic rings. The Labute approximate surface area is 158 Å². The molecule has 1 atom stereocenters. The van der Waals surface area contributed by atoms with Crippen molar-refractivity contribution in [3.05, 3.63) is 58.4 Å². The van der Waals surface area contributed by atoms with Crippen molar-refractivity contribution in [2.24, 2.45) is 7.05 Å². The highest BCUT2D eigenvalue weighted by Crippen LogP contribution is 2.33. The van der Waals surface area contributed by atoms with Crippen LogP contribution in [0.5, 0.6) is 0 Å². The first-order chi connectivity index (χ1) is 12.7. The standard InChI is InChI=1S/C20H22ClN5/c1-25-19-10-13(26-9-8-16-18(11-26)23-12-22-16)6-7-17(19)24-20(25)14-4-2-3-5-15(14)21/h2-5,12-13H,6-11H2,1H3,(H,22,23). The number of fused-ring (bicyclic) bond motifs is 2. The van der Waals surface area contributed by atoms with Crippen molar-refractivity contribution in [2.45, 2.75) is 38.3 Å². The van der Waals surface area contributed by atoms with Gasteiger partial charge in [-0.3, -0.25) is 4.90 Å². The molecule has 0 radical (unpaired) electrons. The van der Waals surface area contributed by atoms with Gasteiger partial charge in [0.2, 0.25) is 0 Å². The molecule has 3 aromatic rings. The smallest absolute Gasteiger partial charge is 0.141 e. The van der Waals surface area contributed by atoms with Gasteiger partial charge >= 0.3 is 0 Å². The number of hydrogen-bond donors (Lipinski definition) is 1. The van der Waals surface area contributed by atoms with Gasteiger partial charge in [-0.15, -0.1) is 0 Å². The Morgan fingerprint density at radius 2 is 2.08 bits per heavy atom. The second-order valence-electron chi connectivity index (χ2n) is 7.31. The number of halogens is 1. The summed E-state index contributed by atoms with van der Waals surface area (Å²) in [5.74, 6) is 0.982. The summed E-state index contributed by atoms with van der Waals surface area (Å²) in [6.45, 7) is 2.07. The van der Waals surface area contributed by atoms with Gasteiger partial charge in [-0.1, -0.05) is 23.7 Å². The van der Waals surface area contributed by atoms with Crippen molar-refractivity contribution >= 4 is 11.6 Å². The summed E-state index contributed by atoms with van der Waals surface area (Å²) in [6.07, 6.45) is 6.11. The van der Waals surface area contributed by atoms with Crippen LogP contribution in [0.3, 0.4) is 0 Å². The number of benzene rings is 1. The first kappa shape index (κ1) is 16.1. The Bertz CT molecular complexity index is 957. The zero-order valence-electron chi connectivity index (χ0n) is 14.9. The minimum atomic E-state index is 0.563. The zero-order valence-corrected chi connectivity index (χ0v) is 15.6. The molecule has 5 nitrogen and oxygen atoms in total. The minimum Gasteiger partial charge on any atom is -0.347 e. The zero-order chi connectivity index (χ0) is 17.7. The number of H-pyrrole nitrogens is 1. The second-order valence-corrected chi connectivity index (χ2v) is 7.72. The third kappa shape index (κ3) is 2.58. The lowest BCUT2D eigenvalue weighted by Gasteiger charge is -2.36. The quantitative estimate of drug-likeness (QED) is 0.755. The molecule has 1 aliphatic carbocycles. The summed E-state index contributed by atoms with van der Waals surface area (Å²) < 4.78 is 2.24. The summed E-state index contributed by atoms with van der Waals surface area (Å²) in [4.78, 5) is 15.3. The van der Waals surface area contributed by atoms with Crippen LogP contribution in [0.2, 0.25) is 5.02 Å². The van der Waals surface area contributed by atoms with Crippen molar-refractivity contribution in [3.63, 3.8) is 0 Å².